The fraction of sp³-hybridized carbons (Fsp3) is 0.219. The molecule has 1 aliphatic rings. The number of hydrogen-bond donors (Lipinski definition) is 1. The topological polar surface area (TPSA) is 50.2 Å². The molecule has 36 heavy (non-hydrogen) atoms. The van der Waals surface area contributed by atoms with Crippen LogP contribution in [0.15, 0.2) is 107 Å². The largest absolute Gasteiger partial charge is 0.344 e. The maximum Gasteiger partial charge on any atom is 0.130 e. The average Bonchev–Trinajstić information content (AvgIpc) is 2.87. The third kappa shape index (κ3) is 6.46. The molecule has 0 spiro atoms. The standard InChI is InChI=1S/C32H34N4/c1-8-13-28(30-14-11-12-17-33-30)29(22(4)5)18-23(6)32-27(21-35-32)19-25(10-3)26-15-16-31(34-20-26)36-24(7)9-2/h1,10-20H,7,9,21H2,2-6H3,(H,34,36)/b23-18+,25-10+,27-19+,28-13+. The maximum absolute atomic E-state index is 5.67. The number of terminal acetylenes is 1. The molecule has 0 aliphatic carbocycles. The highest BCUT2D eigenvalue weighted by Gasteiger charge is 2.19. The van der Waals surface area contributed by atoms with E-state index >= 15 is 0 Å². The summed E-state index contributed by atoms with van der Waals surface area (Å²) < 4.78 is 0. The van der Waals surface area contributed by atoms with Crippen LogP contribution in [-0.2, 0) is 0 Å². The van der Waals surface area contributed by atoms with Gasteiger partial charge in [-0.05, 0) is 104 Å². The van der Waals surface area contributed by atoms with Crippen molar-refractivity contribution in [3.8, 4) is 12.3 Å². The van der Waals surface area contributed by atoms with Crippen LogP contribution in [0, 0.1) is 12.3 Å². The van der Waals surface area contributed by atoms with Gasteiger partial charge in [-0.25, -0.2) is 4.98 Å². The first-order chi connectivity index (χ1) is 17.4. The summed E-state index contributed by atoms with van der Waals surface area (Å²) in [7, 11) is 0. The number of rotatable bonds is 9. The van der Waals surface area contributed by atoms with Crippen molar-refractivity contribution in [2.45, 2.75) is 41.0 Å². The highest BCUT2D eigenvalue weighted by Crippen LogP contribution is 2.29. The quantitative estimate of drug-likeness (QED) is 0.301. The number of nitrogens with one attached hydrogen (secondary N) is 1. The predicted molar refractivity (Wildman–Crippen MR) is 155 cm³/mol. The first-order valence-electron chi connectivity index (χ1n) is 12.1. The van der Waals surface area contributed by atoms with Crippen LogP contribution in [0.5, 0.6) is 0 Å². The number of aliphatic imine (C=N–C) groups is 1. The van der Waals surface area contributed by atoms with Crippen molar-refractivity contribution < 1.29 is 0 Å². The zero-order chi connectivity index (χ0) is 26.1. The van der Waals surface area contributed by atoms with Gasteiger partial charge in [0.1, 0.15) is 5.82 Å². The first kappa shape index (κ1) is 26.4. The fourth-order valence-corrected chi connectivity index (χ4v) is 3.84. The second-order valence-corrected chi connectivity index (χ2v) is 8.77. The molecule has 3 heterocycles. The van der Waals surface area contributed by atoms with Crippen LogP contribution >= 0.6 is 0 Å². The zero-order valence-corrected chi connectivity index (χ0v) is 21.9. The number of hydrogen-bond acceptors (Lipinski definition) is 4. The Hall–Kier alpha value is -4.23. The molecule has 0 radical (unpaired) electrons. The summed E-state index contributed by atoms with van der Waals surface area (Å²) in [6.45, 7) is 15.1. The normalized spacial score (nSPS) is 15.1. The summed E-state index contributed by atoms with van der Waals surface area (Å²) in [5, 5.41) is 3.23. The molecular weight excluding hydrogens is 440 g/mol. The fourth-order valence-electron chi connectivity index (χ4n) is 3.84. The lowest BCUT2D eigenvalue weighted by Gasteiger charge is -2.21. The van der Waals surface area contributed by atoms with Crippen molar-refractivity contribution in [2.24, 2.45) is 4.99 Å². The van der Waals surface area contributed by atoms with Crippen LogP contribution in [0.1, 0.15) is 52.3 Å². The number of nitrogens with zero attached hydrogens (tertiary/aromatic N) is 3. The lowest BCUT2D eigenvalue weighted by atomic mass is 9.90. The molecule has 4 nitrogen and oxygen atoms in total. The molecule has 1 aliphatic heterocycles. The monoisotopic (exact) mass is 474 g/mol. The molecule has 0 aromatic carbocycles. The van der Waals surface area contributed by atoms with Gasteiger partial charge in [0, 0.05) is 23.7 Å². The van der Waals surface area contributed by atoms with Crippen LogP contribution in [-0.4, -0.2) is 22.2 Å². The molecular formula is C32H34N4. The van der Waals surface area contributed by atoms with Crippen molar-refractivity contribution in [3.63, 3.8) is 0 Å². The zero-order valence-electron chi connectivity index (χ0n) is 21.9. The van der Waals surface area contributed by atoms with Gasteiger partial charge >= 0.3 is 0 Å². The molecule has 0 unspecified atom stereocenters. The molecule has 0 saturated carbocycles. The number of anilines is 1. The average molecular weight is 475 g/mol. The lowest BCUT2D eigenvalue weighted by molar-refractivity contribution is 1.10. The van der Waals surface area contributed by atoms with E-state index in [-0.39, 0.29) is 0 Å². The van der Waals surface area contributed by atoms with Crippen molar-refractivity contribution in [3.05, 3.63) is 113 Å². The van der Waals surface area contributed by atoms with Crippen molar-refractivity contribution in [1.29, 1.82) is 0 Å². The van der Waals surface area contributed by atoms with Gasteiger partial charge in [-0.1, -0.05) is 37.1 Å². The molecule has 0 fully saturated rings. The van der Waals surface area contributed by atoms with Gasteiger partial charge < -0.3 is 5.32 Å². The Morgan fingerprint density at radius 2 is 1.97 bits per heavy atom. The predicted octanol–water partition coefficient (Wildman–Crippen LogP) is 7.60. The minimum atomic E-state index is 0.693. The van der Waals surface area contributed by atoms with Crippen LogP contribution in [0.25, 0.3) is 11.1 Å². The third-order valence-corrected chi connectivity index (χ3v) is 5.91. The van der Waals surface area contributed by atoms with Crippen LogP contribution in [0.2, 0.25) is 0 Å². The van der Waals surface area contributed by atoms with E-state index in [0.717, 1.165) is 62.8 Å². The van der Waals surface area contributed by atoms with Gasteiger partial charge in [0.15, 0.2) is 0 Å². The van der Waals surface area contributed by atoms with E-state index in [1.165, 1.54) is 5.57 Å². The molecule has 2 aromatic rings. The van der Waals surface area contributed by atoms with Gasteiger partial charge in [-0.3, -0.25) is 9.98 Å². The van der Waals surface area contributed by atoms with Crippen LogP contribution in [0.3, 0.4) is 0 Å². The Bertz CT molecular complexity index is 1340. The van der Waals surface area contributed by atoms with Gasteiger partial charge in [-0.15, -0.1) is 6.42 Å². The van der Waals surface area contributed by atoms with E-state index < -0.39 is 0 Å². The van der Waals surface area contributed by atoms with E-state index in [9.17, 15) is 0 Å². The third-order valence-electron chi connectivity index (χ3n) is 5.91. The van der Waals surface area contributed by atoms with Crippen molar-refractivity contribution >= 4 is 22.7 Å². The molecule has 3 rings (SSSR count). The smallest absolute Gasteiger partial charge is 0.130 e. The minimum absolute atomic E-state index is 0.693. The SMILES string of the molecule is C#C/C=C(\C(/C=C(\C)C1=NC/C1=C\C(=C/C)c1ccc(NC(=C)CC)nc1)=C(C)C)c1ccccn1. The highest BCUT2D eigenvalue weighted by atomic mass is 15.0. The second-order valence-electron chi connectivity index (χ2n) is 8.77. The highest BCUT2D eigenvalue weighted by molar-refractivity contribution is 6.17. The number of aromatic nitrogens is 2. The molecule has 0 saturated heterocycles. The molecule has 2 aromatic heterocycles. The van der Waals surface area contributed by atoms with Gasteiger partial charge in [-0.2, -0.15) is 0 Å². The van der Waals surface area contributed by atoms with E-state index in [4.69, 9.17) is 11.4 Å². The Kier molecular flexibility index (Phi) is 9.13. The lowest BCUT2D eigenvalue weighted by Crippen LogP contribution is -2.18. The Morgan fingerprint density at radius 3 is 2.50 bits per heavy atom. The summed E-state index contributed by atoms with van der Waals surface area (Å²) in [6.07, 6.45) is 18.5. The van der Waals surface area contributed by atoms with Crippen molar-refractivity contribution in [2.75, 3.05) is 11.9 Å². The van der Waals surface area contributed by atoms with Crippen LogP contribution in [0.4, 0.5) is 5.82 Å². The number of allylic oxidation sites excluding steroid dienone is 10. The van der Waals surface area contributed by atoms with Crippen molar-refractivity contribution in [1.82, 2.24) is 9.97 Å². The maximum atomic E-state index is 5.67. The van der Waals surface area contributed by atoms with Gasteiger partial charge in [0.05, 0.1) is 18.0 Å². The molecule has 1 N–H and O–H groups in total. The van der Waals surface area contributed by atoms with E-state index in [1.807, 2.05) is 37.4 Å². The summed E-state index contributed by atoms with van der Waals surface area (Å²) in [5.41, 5.74) is 10.4. The van der Waals surface area contributed by atoms with Gasteiger partial charge in [0.25, 0.3) is 0 Å². The van der Waals surface area contributed by atoms with Gasteiger partial charge in [0.2, 0.25) is 0 Å². The second kappa shape index (κ2) is 12.5. The van der Waals surface area contributed by atoms with E-state index in [1.54, 1.807) is 12.3 Å². The molecule has 0 atom stereocenters. The first-order valence-corrected chi connectivity index (χ1v) is 12.1. The summed E-state index contributed by atoms with van der Waals surface area (Å²) in [4.78, 5) is 13.8. The van der Waals surface area contributed by atoms with Crippen LogP contribution < -0.4 is 5.32 Å². The molecule has 0 amide bonds. The molecule has 4 heteroatoms. The summed E-state index contributed by atoms with van der Waals surface area (Å²) in [6, 6.07) is 9.91. The molecule has 182 valence electrons. The molecule has 0 bridgehead atoms. The summed E-state index contributed by atoms with van der Waals surface area (Å²) in [5.74, 6) is 3.48. The number of pyridine rings is 2. The Morgan fingerprint density at radius 1 is 1.17 bits per heavy atom. The summed E-state index contributed by atoms with van der Waals surface area (Å²) >= 11 is 0. The van der Waals surface area contributed by atoms with E-state index in [2.05, 4.69) is 79.8 Å². The Labute approximate surface area is 215 Å². The Balaban J connectivity index is 1.87. The van der Waals surface area contributed by atoms with E-state index in [0.29, 0.717) is 6.54 Å². The minimum Gasteiger partial charge on any atom is -0.344 e.